The highest BCUT2D eigenvalue weighted by molar-refractivity contribution is 7.89. The van der Waals surface area contributed by atoms with Gasteiger partial charge in [-0.3, -0.25) is 0 Å². The molecule has 0 unspecified atom stereocenters. The van der Waals surface area contributed by atoms with Crippen molar-refractivity contribution in [3.8, 4) is 22.3 Å². The third-order valence-electron chi connectivity index (χ3n) is 4.29. The van der Waals surface area contributed by atoms with Gasteiger partial charge in [-0.05, 0) is 58.7 Å². The highest BCUT2D eigenvalue weighted by atomic mass is 32.2. The van der Waals surface area contributed by atoms with Crippen LogP contribution in [0.2, 0.25) is 0 Å². The summed E-state index contributed by atoms with van der Waals surface area (Å²) in [6.45, 7) is 0. The molecule has 3 rings (SSSR count). The van der Waals surface area contributed by atoms with E-state index in [0.29, 0.717) is 16.8 Å². The minimum atomic E-state index is -3.89. The predicted octanol–water partition coefficient (Wildman–Crippen LogP) is 4.15. The number of nitrogens with zero attached hydrogens (tertiary/aromatic N) is 1. The number of sulfonamides is 1. The third-order valence-corrected chi connectivity index (χ3v) is 5.22. The van der Waals surface area contributed by atoms with Gasteiger partial charge in [0.1, 0.15) is 5.82 Å². The molecule has 0 bridgehead atoms. The van der Waals surface area contributed by atoms with E-state index in [1.54, 1.807) is 31.1 Å². The molecule has 0 spiro atoms. The van der Waals surface area contributed by atoms with Crippen molar-refractivity contribution in [1.82, 2.24) is 0 Å². The molecule has 0 amide bonds. The van der Waals surface area contributed by atoms with Gasteiger partial charge in [0, 0.05) is 14.1 Å². The molecule has 0 fully saturated rings. The number of nitrogens with two attached hydrogens (primary N) is 1. The van der Waals surface area contributed by atoms with Gasteiger partial charge in [0.15, 0.2) is 11.6 Å². The van der Waals surface area contributed by atoms with E-state index >= 15 is 0 Å². The lowest BCUT2D eigenvalue weighted by atomic mass is 9.94. The van der Waals surface area contributed by atoms with Crippen molar-refractivity contribution < 1.29 is 21.6 Å². The molecule has 146 valence electrons. The van der Waals surface area contributed by atoms with Crippen molar-refractivity contribution in [3.63, 3.8) is 0 Å². The Hall–Kier alpha value is -2.84. The van der Waals surface area contributed by atoms with Gasteiger partial charge < -0.3 is 4.90 Å². The summed E-state index contributed by atoms with van der Waals surface area (Å²) in [6, 6.07) is 11.8. The van der Waals surface area contributed by atoms with Crippen molar-refractivity contribution >= 4 is 15.7 Å². The van der Waals surface area contributed by atoms with Crippen molar-refractivity contribution in [3.05, 3.63) is 72.0 Å². The number of hydrogen-bond donors (Lipinski definition) is 1. The molecule has 0 aliphatic rings. The molecular weight excluding hydrogens is 389 g/mol. The summed E-state index contributed by atoms with van der Waals surface area (Å²) in [5.41, 5.74) is 1.69. The topological polar surface area (TPSA) is 63.4 Å². The van der Waals surface area contributed by atoms with Crippen LogP contribution in [0.4, 0.5) is 18.9 Å². The average Bonchev–Trinajstić information content (AvgIpc) is 2.62. The van der Waals surface area contributed by atoms with Crippen LogP contribution in [0.3, 0.4) is 0 Å². The molecule has 28 heavy (non-hydrogen) atoms. The number of primary sulfonamides is 1. The summed E-state index contributed by atoms with van der Waals surface area (Å²) >= 11 is 0. The molecule has 0 aromatic heterocycles. The molecule has 3 aromatic carbocycles. The van der Waals surface area contributed by atoms with E-state index in [1.807, 2.05) is 0 Å². The molecule has 0 aliphatic heterocycles. The van der Waals surface area contributed by atoms with Crippen LogP contribution in [0.25, 0.3) is 22.3 Å². The smallest absolute Gasteiger partial charge is 0.238 e. The Balaban J connectivity index is 2.18. The number of halogens is 3. The maximum absolute atomic E-state index is 14.4. The Bertz CT molecular complexity index is 1140. The Kier molecular flexibility index (Phi) is 5.18. The molecule has 0 saturated heterocycles. The Morgan fingerprint density at radius 2 is 1.25 bits per heavy atom. The molecule has 2 N–H and O–H groups in total. The third kappa shape index (κ3) is 3.88. The van der Waals surface area contributed by atoms with Crippen LogP contribution in [0, 0.1) is 17.5 Å². The van der Waals surface area contributed by atoms with Gasteiger partial charge in [0.25, 0.3) is 0 Å². The Morgan fingerprint density at radius 3 is 1.71 bits per heavy atom. The molecular formula is C20H17F3N2O2S. The van der Waals surface area contributed by atoms with Crippen LogP contribution >= 0.6 is 0 Å². The summed E-state index contributed by atoms with van der Waals surface area (Å²) < 4.78 is 65.0. The molecule has 0 heterocycles. The minimum Gasteiger partial charge on any atom is -0.375 e. The van der Waals surface area contributed by atoms with Gasteiger partial charge in [-0.25, -0.2) is 26.7 Å². The second kappa shape index (κ2) is 7.29. The molecule has 0 radical (unpaired) electrons. The van der Waals surface area contributed by atoms with E-state index in [0.717, 1.165) is 12.1 Å². The first kappa shape index (κ1) is 19.9. The van der Waals surface area contributed by atoms with E-state index in [9.17, 15) is 21.6 Å². The van der Waals surface area contributed by atoms with Crippen LogP contribution in [0.1, 0.15) is 0 Å². The normalized spacial score (nSPS) is 11.5. The monoisotopic (exact) mass is 406 g/mol. The van der Waals surface area contributed by atoms with Crippen LogP contribution in [0.15, 0.2) is 59.5 Å². The van der Waals surface area contributed by atoms with Gasteiger partial charge in [-0.1, -0.05) is 18.2 Å². The van der Waals surface area contributed by atoms with Crippen molar-refractivity contribution in [2.75, 3.05) is 19.0 Å². The minimum absolute atomic E-state index is 0.109. The summed E-state index contributed by atoms with van der Waals surface area (Å²) in [7, 11) is -0.509. The molecule has 0 saturated carbocycles. The lowest BCUT2D eigenvalue weighted by Crippen LogP contribution is -2.11. The van der Waals surface area contributed by atoms with E-state index in [-0.39, 0.29) is 16.0 Å². The molecule has 0 atom stereocenters. The SMILES string of the molecule is CN(C)c1ccc(-c2cc(F)c(F)cc2-c2ccc(S(N)(=O)=O)cc2)cc1F. The fourth-order valence-electron chi connectivity index (χ4n) is 2.89. The number of hydrogen-bond acceptors (Lipinski definition) is 3. The summed E-state index contributed by atoms with van der Waals surface area (Å²) in [5, 5.41) is 5.08. The molecule has 0 aliphatic carbocycles. The number of benzene rings is 3. The number of anilines is 1. The lowest BCUT2D eigenvalue weighted by Gasteiger charge is -2.16. The highest BCUT2D eigenvalue weighted by Gasteiger charge is 2.16. The first-order valence-electron chi connectivity index (χ1n) is 8.17. The van der Waals surface area contributed by atoms with Gasteiger partial charge in [0.2, 0.25) is 10.0 Å². The zero-order valence-corrected chi connectivity index (χ0v) is 15.9. The maximum atomic E-state index is 14.4. The first-order valence-corrected chi connectivity index (χ1v) is 9.72. The van der Waals surface area contributed by atoms with Crippen molar-refractivity contribution in [1.29, 1.82) is 0 Å². The van der Waals surface area contributed by atoms with E-state index in [1.165, 1.54) is 30.3 Å². The fraction of sp³-hybridized carbons (Fsp3) is 0.100. The van der Waals surface area contributed by atoms with Crippen LogP contribution < -0.4 is 10.0 Å². The maximum Gasteiger partial charge on any atom is 0.238 e. The van der Waals surface area contributed by atoms with Gasteiger partial charge >= 0.3 is 0 Å². The first-order chi connectivity index (χ1) is 13.1. The van der Waals surface area contributed by atoms with Gasteiger partial charge in [-0.2, -0.15) is 0 Å². The summed E-state index contributed by atoms with van der Waals surface area (Å²) in [4.78, 5) is 1.49. The standard InChI is InChI=1S/C20H17F3N2O2S/c1-25(2)20-8-5-13(9-19(20)23)16-11-18(22)17(21)10-15(16)12-3-6-14(7-4-12)28(24,26)27/h3-11H,1-2H3,(H2,24,26,27). The quantitative estimate of drug-likeness (QED) is 0.708. The van der Waals surface area contributed by atoms with Crippen LogP contribution in [0.5, 0.6) is 0 Å². The second-order valence-corrected chi connectivity index (χ2v) is 8.00. The van der Waals surface area contributed by atoms with Gasteiger partial charge in [-0.15, -0.1) is 0 Å². The predicted molar refractivity (Wildman–Crippen MR) is 103 cm³/mol. The van der Waals surface area contributed by atoms with Crippen molar-refractivity contribution in [2.24, 2.45) is 5.14 Å². The second-order valence-electron chi connectivity index (χ2n) is 6.44. The Labute approximate surface area is 161 Å². The zero-order valence-electron chi connectivity index (χ0n) is 15.1. The van der Waals surface area contributed by atoms with Crippen LogP contribution in [-0.2, 0) is 10.0 Å². The Morgan fingerprint density at radius 1 is 0.750 bits per heavy atom. The summed E-state index contributed by atoms with van der Waals surface area (Å²) in [5.74, 6) is -2.65. The fourth-order valence-corrected chi connectivity index (χ4v) is 3.40. The largest absolute Gasteiger partial charge is 0.375 e. The summed E-state index contributed by atoms with van der Waals surface area (Å²) in [6.07, 6.45) is 0. The molecule has 8 heteroatoms. The lowest BCUT2D eigenvalue weighted by molar-refractivity contribution is 0.509. The van der Waals surface area contributed by atoms with Crippen molar-refractivity contribution in [2.45, 2.75) is 4.90 Å². The average molecular weight is 406 g/mol. The molecule has 4 nitrogen and oxygen atoms in total. The molecule has 3 aromatic rings. The van der Waals surface area contributed by atoms with E-state index in [4.69, 9.17) is 5.14 Å². The van der Waals surface area contributed by atoms with Gasteiger partial charge in [0.05, 0.1) is 10.6 Å². The van der Waals surface area contributed by atoms with E-state index < -0.39 is 27.5 Å². The van der Waals surface area contributed by atoms with Crippen LogP contribution in [-0.4, -0.2) is 22.5 Å². The zero-order chi connectivity index (χ0) is 20.6. The number of rotatable bonds is 4. The van der Waals surface area contributed by atoms with E-state index in [2.05, 4.69) is 0 Å². The highest BCUT2D eigenvalue weighted by Crippen LogP contribution is 2.36.